The van der Waals surface area contributed by atoms with Gasteiger partial charge in [0.1, 0.15) is 0 Å². The molecule has 1 N–H and O–H groups in total. The van der Waals surface area contributed by atoms with Crippen molar-refractivity contribution in [1.29, 1.82) is 0 Å². The molecule has 0 aromatic rings. The van der Waals surface area contributed by atoms with Crippen LogP contribution in [0, 0.1) is 0 Å². The minimum absolute atomic E-state index is 0. The molecule has 0 aliphatic rings. The first-order valence-corrected chi connectivity index (χ1v) is 4.88. The SMILES string of the molecule is CCCC(CC)[PH](=O)O.[NaH]. The molecule has 2 atom stereocenters. The molecule has 0 heterocycles. The summed E-state index contributed by atoms with van der Waals surface area (Å²) in [5.74, 6) is 0. The molecule has 0 aliphatic carbocycles. The van der Waals surface area contributed by atoms with Crippen molar-refractivity contribution in [1.82, 2.24) is 0 Å². The molecule has 0 aromatic heterocycles. The summed E-state index contributed by atoms with van der Waals surface area (Å²) in [5, 5.41) is 0. The van der Waals surface area contributed by atoms with Gasteiger partial charge in [0.05, 0.1) is 0 Å². The van der Waals surface area contributed by atoms with E-state index in [9.17, 15) is 4.57 Å². The Hall–Kier alpha value is 1.19. The second-order valence-corrected chi connectivity index (χ2v) is 3.73. The molecule has 0 rings (SSSR count). The van der Waals surface area contributed by atoms with Crippen molar-refractivity contribution in [3.63, 3.8) is 0 Å². The van der Waals surface area contributed by atoms with E-state index in [1.54, 1.807) is 0 Å². The van der Waals surface area contributed by atoms with Crippen molar-refractivity contribution < 1.29 is 9.46 Å². The fourth-order valence-electron chi connectivity index (χ4n) is 0.851. The van der Waals surface area contributed by atoms with Crippen molar-refractivity contribution >= 4 is 37.6 Å². The van der Waals surface area contributed by atoms with Crippen molar-refractivity contribution in [3.05, 3.63) is 0 Å². The summed E-state index contributed by atoms with van der Waals surface area (Å²) in [4.78, 5) is 8.69. The molecular weight excluding hydrogens is 158 g/mol. The molecule has 0 fully saturated rings. The van der Waals surface area contributed by atoms with Crippen molar-refractivity contribution in [2.75, 3.05) is 0 Å². The van der Waals surface area contributed by atoms with Crippen LogP contribution in [0.3, 0.4) is 0 Å². The van der Waals surface area contributed by atoms with Crippen LogP contribution in [0.25, 0.3) is 0 Å². The monoisotopic (exact) mass is 174 g/mol. The van der Waals surface area contributed by atoms with Crippen LogP contribution in [0.1, 0.15) is 33.1 Å². The Bertz CT molecular complexity index is 97.7. The maximum absolute atomic E-state index is 10.5. The van der Waals surface area contributed by atoms with Gasteiger partial charge in [-0.3, -0.25) is 4.57 Å². The average Bonchev–Trinajstić information content (AvgIpc) is 1.82. The molecule has 2 nitrogen and oxygen atoms in total. The van der Waals surface area contributed by atoms with E-state index in [2.05, 4.69) is 0 Å². The van der Waals surface area contributed by atoms with Gasteiger partial charge in [-0.05, 0) is 12.8 Å². The van der Waals surface area contributed by atoms with Crippen molar-refractivity contribution in [3.8, 4) is 0 Å². The Labute approximate surface area is 85.6 Å². The molecule has 10 heavy (non-hydrogen) atoms. The van der Waals surface area contributed by atoms with Gasteiger partial charge in [-0.25, -0.2) is 0 Å². The van der Waals surface area contributed by atoms with Gasteiger partial charge in [0.25, 0.3) is 0 Å². The van der Waals surface area contributed by atoms with E-state index in [1.165, 1.54) is 0 Å². The fraction of sp³-hybridized carbons (Fsp3) is 1.00. The van der Waals surface area contributed by atoms with Gasteiger partial charge in [-0.15, -0.1) is 0 Å². The fourth-order valence-corrected chi connectivity index (χ4v) is 1.74. The van der Waals surface area contributed by atoms with Crippen molar-refractivity contribution in [2.45, 2.75) is 38.8 Å². The first-order chi connectivity index (χ1) is 4.22. The summed E-state index contributed by atoms with van der Waals surface area (Å²) in [6, 6.07) is 0. The Balaban J connectivity index is 0. The van der Waals surface area contributed by atoms with E-state index >= 15 is 0 Å². The van der Waals surface area contributed by atoms with E-state index in [1.807, 2.05) is 13.8 Å². The van der Waals surface area contributed by atoms with Crippen LogP contribution in [0.5, 0.6) is 0 Å². The second kappa shape index (κ2) is 8.29. The Morgan fingerprint density at radius 1 is 1.50 bits per heavy atom. The molecule has 0 saturated heterocycles. The maximum atomic E-state index is 10.5. The van der Waals surface area contributed by atoms with E-state index in [0.717, 1.165) is 19.3 Å². The first-order valence-electron chi connectivity index (χ1n) is 3.45. The summed E-state index contributed by atoms with van der Waals surface area (Å²) in [7, 11) is -2.24. The van der Waals surface area contributed by atoms with Gasteiger partial charge < -0.3 is 4.89 Å². The molecule has 4 heteroatoms. The molecule has 0 bridgehead atoms. The third-order valence-corrected chi connectivity index (χ3v) is 2.87. The van der Waals surface area contributed by atoms with Gasteiger partial charge in [-0.1, -0.05) is 20.3 Å². The van der Waals surface area contributed by atoms with Gasteiger partial charge in [0.2, 0.25) is 0 Å². The minimum atomic E-state index is -2.24. The predicted octanol–water partition coefficient (Wildman–Crippen LogP) is 1.38. The van der Waals surface area contributed by atoms with Gasteiger partial charge in [0, 0.05) is 5.66 Å². The summed E-state index contributed by atoms with van der Waals surface area (Å²) >= 11 is 0. The zero-order valence-electron chi connectivity index (χ0n) is 6.05. The zero-order chi connectivity index (χ0) is 7.28. The van der Waals surface area contributed by atoms with E-state index in [4.69, 9.17) is 4.89 Å². The Kier molecular flexibility index (Phi) is 11.4. The van der Waals surface area contributed by atoms with Gasteiger partial charge in [0.15, 0.2) is 8.03 Å². The standard InChI is InChI=1S/C6H15O2P.Na.H/c1-3-5-6(4-2)9(7)8;;/h6,9H,3-5H2,1-2H3,(H,7,8);;. The predicted molar refractivity (Wildman–Crippen MR) is 47.4 cm³/mol. The molecule has 0 amide bonds. The van der Waals surface area contributed by atoms with Crippen LogP contribution in [-0.2, 0) is 4.57 Å². The normalized spacial score (nSPS) is 15.5. The third kappa shape index (κ3) is 5.94. The van der Waals surface area contributed by atoms with Crippen LogP contribution < -0.4 is 0 Å². The molecular formula is C6H16NaO2P. The topological polar surface area (TPSA) is 37.3 Å². The van der Waals surface area contributed by atoms with Crippen LogP contribution in [-0.4, -0.2) is 40.1 Å². The first kappa shape index (κ1) is 13.8. The Morgan fingerprint density at radius 2 is 2.00 bits per heavy atom. The molecule has 2 unspecified atom stereocenters. The quantitative estimate of drug-likeness (QED) is 0.516. The number of hydrogen-bond acceptors (Lipinski definition) is 1. The van der Waals surface area contributed by atoms with Gasteiger partial charge >= 0.3 is 29.6 Å². The third-order valence-electron chi connectivity index (χ3n) is 1.48. The van der Waals surface area contributed by atoms with E-state index in [-0.39, 0.29) is 35.2 Å². The number of hydrogen-bond donors (Lipinski definition) is 1. The van der Waals surface area contributed by atoms with E-state index < -0.39 is 8.03 Å². The molecule has 0 saturated carbocycles. The summed E-state index contributed by atoms with van der Waals surface area (Å²) < 4.78 is 10.5. The average molecular weight is 174 g/mol. The molecule has 58 valence electrons. The van der Waals surface area contributed by atoms with Crippen molar-refractivity contribution in [2.24, 2.45) is 0 Å². The molecule has 0 aromatic carbocycles. The van der Waals surface area contributed by atoms with Crippen LogP contribution in [0.15, 0.2) is 0 Å². The van der Waals surface area contributed by atoms with Crippen LogP contribution in [0.2, 0.25) is 0 Å². The molecule has 0 aliphatic heterocycles. The molecule has 0 spiro atoms. The number of rotatable bonds is 4. The zero-order valence-corrected chi connectivity index (χ0v) is 7.05. The van der Waals surface area contributed by atoms with Gasteiger partial charge in [-0.2, -0.15) is 0 Å². The second-order valence-electron chi connectivity index (χ2n) is 2.23. The molecule has 0 radical (unpaired) electrons. The van der Waals surface area contributed by atoms with Crippen LogP contribution >= 0.6 is 8.03 Å². The summed E-state index contributed by atoms with van der Waals surface area (Å²) in [6.07, 6.45) is 2.74. The van der Waals surface area contributed by atoms with Crippen LogP contribution in [0.4, 0.5) is 0 Å². The summed E-state index contributed by atoms with van der Waals surface area (Å²) in [6.45, 7) is 3.99. The summed E-state index contributed by atoms with van der Waals surface area (Å²) in [5.41, 5.74) is 0.0694. The van der Waals surface area contributed by atoms with E-state index in [0.29, 0.717) is 0 Å². The Morgan fingerprint density at radius 3 is 2.10 bits per heavy atom.